The largest absolute Gasteiger partial charge is 0.484 e. The third kappa shape index (κ3) is 4.08. The van der Waals surface area contributed by atoms with Crippen LogP contribution in [0.15, 0.2) is 59.1 Å². The molecule has 0 saturated heterocycles. The summed E-state index contributed by atoms with van der Waals surface area (Å²) in [6, 6.07) is 17.1. The Bertz CT molecular complexity index is 911. The van der Waals surface area contributed by atoms with Gasteiger partial charge < -0.3 is 10.1 Å². The van der Waals surface area contributed by atoms with E-state index in [2.05, 4.69) is 21.2 Å². The number of fused-ring (bicyclic) bond motifs is 1. The van der Waals surface area contributed by atoms with E-state index >= 15 is 0 Å². The summed E-state index contributed by atoms with van der Waals surface area (Å²) in [5.41, 5.74) is 1.64. The Kier molecular flexibility index (Phi) is 5.07. The van der Waals surface area contributed by atoms with Crippen molar-refractivity contribution < 1.29 is 9.53 Å². The van der Waals surface area contributed by atoms with Gasteiger partial charge in [0.05, 0.1) is 0 Å². The third-order valence-corrected chi connectivity index (χ3v) is 4.35. The number of amides is 1. The van der Waals surface area contributed by atoms with Crippen LogP contribution in [-0.2, 0) is 4.79 Å². The zero-order chi connectivity index (χ0) is 17.1. The number of hydrogen-bond acceptors (Lipinski definition) is 2. The van der Waals surface area contributed by atoms with E-state index in [0.717, 1.165) is 20.8 Å². The minimum absolute atomic E-state index is 0.0615. The molecule has 0 unspecified atom stereocenters. The Balaban J connectivity index is 1.65. The number of benzene rings is 3. The molecule has 0 saturated carbocycles. The molecule has 3 aromatic carbocycles. The van der Waals surface area contributed by atoms with Crippen LogP contribution in [0.3, 0.4) is 0 Å². The maximum absolute atomic E-state index is 12.1. The average molecular weight is 405 g/mol. The van der Waals surface area contributed by atoms with Gasteiger partial charge in [-0.15, -0.1) is 0 Å². The van der Waals surface area contributed by atoms with Gasteiger partial charge >= 0.3 is 0 Å². The molecule has 0 heterocycles. The molecule has 0 atom stereocenters. The molecule has 1 N–H and O–H groups in total. The lowest BCUT2D eigenvalue weighted by Crippen LogP contribution is -2.20. The highest BCUT2D eigenvalue weighted by molar-refractivity contribution is 9.10. The normalized spacial score (nSPS) is 10.6. The fraction of sp³-hybridized carbons (Fsp3) is 0.105. The van der Waals surface area contributed by atoms with Gasteiger partial charge in [-0.2, -0.15) is 0 Å². The minimum Gasteiger partial charge on any atom is -0.484 e. The van der Waals surface area contributed by atoms with E-state index in [1.54, 1.807) is 12.1 Å². The van der Waals surface area contributed by atoms with Gasteiger partial charge in [-0.25, -0.2) is 0 Å². The molecule has 0 aliphatic carbocycles. The number of carbonyl (C=O) groups excluding carboxylic acids is 1. The van der Waals surface area contributed by atoms with Crippen LogP contribution in [0.1, 0.15) is 5.56 Å². The van der Waals surface area contributed by atoms with Crippen molar-refractivity contribution >= 4 is 49.9 Å². The number of rotatable bonds is 4. The van der Waals surface area contributed by atoms with E-state index in [1.165, 1.54) is 0 Å². The lowest BCUT2D eigenvalue weighted by atomic mass is 10.1. The summed E-state index contributed by atoms with van der Waals surface area (Å²) in [6.45, 7) is 1.85. The summed E-state index contributed by atoms with van der Waals surface area (Å²) in [5.74, 6) is 0.430. The highest BCUT2D eigenvalue weighted by Crippen LogP contribution is 2.24. The van der Waals surface area contributed by atoms with Crippen LogP contribution >= 0.6 is 27.5 Å². The number of carbonyl (C=O) groups is 1. The third-order valence-electron chi connectivity index (χ3n) is 3.62. The van der Waals surface area contributed by atoms with Crippen LogP contribution in [0.2, 0.25) is 5.02 Å². The second-order valence-corrected chi connectivity index (χ2v) is 6.80. The first-order valence-electron chi connectivity index (χ1n) is 7.39. The van der Waals surface area contributed by atoms with Gasteiger partial charge in [0.15, 0.2) is 6.61 Å². The first-order valence-corrected chi connectivity index (χ1v) is 8.56. The number of ether oxygens (including phenoxy) is 1. The van der Waals surface area contributed by atoms with Gasteiger partial charge in [-0.05, 0) is 59.7 Å². The lowest BCUT2D eigenvalue weighted by Gasteiger charge is -2.10. The SMILES string of the molecule is Cc1ccc(Cl)cc1NC(=O)COc1ccc2cc(Br)ccc2c1. The molecular formula is C19H15BrClNO2. The Labute approximate surface area is 153 Å². The second-order valence-electron chi connectivity index (χ2n) is 5.45. The Morgan fingerprint density at radius 3 is 2.67 bits per heavy atom. The molecule has 5 heteroatoms. The number of nitrogens with one attached hydrogen (secondary N) is 1. The van der Waals surface area contributed by atoms with Crippen molar-refractivity contribution in [3.63, 3.8) is 0 Å². The van der Waals surface area contributed by atoms with Crippen molar-refractivity contribution in [3.8, 4) is 5.75 Å². The fourth-order valence-electron chi connectivity index (χ4n) is 2.35. The first kappa shape index (κ1) is 16.8. The van der Waals surface area contributed by atoms with E-state index in [4.69, 9.17) is 16.3 Å². The number of hydrogen-bond donors (Lipinski definition) is 1. The first-order chi connectivity index (χ1) is 11.5. The number of anilines is 1. The molecule has 0 fully saturated rings. The molecule has 0 radical (unpaired) electrons. The fourth-order valence-corrected chi connectivity index (χ4v) is 2.90. The molecule has 1 amide bonds. The molecule has 0 aromatic heterocycles. The van der Waals surface area contributed by atoms with E-state index < -0.39 is 0 Å². The monoisotopic (exact) mass is 403 g/mol. The lowest BCUT2D eigenvalue weighted by molar-refractivity contribution is -0.118. The summed E-state index contributed by atoms with van der Waals surface area (Å²) >= 11 is 9.40. The maximum atomic E-state index is 12.1. The standard InChI is InChI=1S/C19H15BrClNO2/c1-12-2-6-16(21)10-18(12)22-19(23)11-24-17-7-4-13-8-15(20)5-3-14(13)9-17/h2-10H,11H2,1H3,(H,22,23). The van der Waals surface area contributed by atoms with E-state index in [9.17, 15) is 4.79 Å². The Morgan fingerprint density at radius 2 is 1.83 bits per heavy atom. The predicted molar refractivity (Wildman–Crippen MR) is 102 cm³/mol. The molecule has 3 nitrogen and oxygen atoms in total. The van der Waals surface area contributed by atoms with Crippen molar-refractivity contribution in [2.75, 3.05) is 11.9 Å². The van der Waals surface area contributed by atoms with Crippen molar-refractivity contribution in [3.05, 3.63) is 69.7 Å². The predicted octanol–water partition coefficient (Wildman–Crippen LogP) is 5.58. The van der Waals surface area contributed by atoms with Gasteiger partial charge in [-0.1, -0.05) is 45.7 Å². The minimum atomic E-state index is -0.226. The summed E-state index contributed by atoms with van der Waals surface area (Å²) in [5, 5.41) is 5.56. The number of aryl methyl sites for hydroxylation is 1. The zero-order valence-electron chi connectivity index (χ0n) is 13.0. The average Bonchev–Trinajstić information content (AvgIpc) is 2.56. The summed E-state index contributed by atoms with van der Waals surface area (Å²) < 4.78 is 6.62. The second kappa shape index (κ2) is 7.24. The summed E-state index contributed by atoms with van der Waals surface area (Å²) in [6.07, 6.45) is 0. The quantitative estimate of drug-likeness (QED) is 0.616. The topological polar surface area (TPSA) is 38.3 Å². The van der Waals surface area contributed by atoms with Crippen LogP contribution < -0.4 is 10.1 Å². The van der Waals surface area contributed by atoms with Gasteiger partial charge in [0.25, 0.3) is 5.91 Å². The summed E-state index contributed by atoms with van der Waals surface area (Å²) in [7, 11) is 0. The Morgan fingerprint density at radius 1 is 1.08 bits per heavy atom. The molecule has 24 heavy (non-hydrogen) atoms. The molecule has 0 aliphatic rings. The summed E-state index contributed by atoms with van der Waals surface area (Å²) in [4.78, 5) is 12.1. The number of halogens is 2. The molecular weight excluding hydrogens is 390 g/mol. The van der Waals surface area contributed by atoms with E-state index in [0.29, 0.717) is 16.5 Å². The Hall–Kier alpha value is -2.04. The van der Waals surface area contributed by atoms with Crippen LogP contribution in [0.25, 0.3) is 10.8 Å². The molecule has 0 spiro atoms. The van der Waals surface area contributed by atoms with Crippen LogP contribution in [-0.4, -0.2) is 12.5 Å². The maximum Gasteiger partial charge on any atom is 0.262 e. The zero-order valence-corrected chi connectivity index (χ0v) is 15.3. The van der Waals surface area contributed by atoms with Crippen LogP contribution in [0.4, 0.5) is 5.69 Å². The van der Waals surface area contributed by atoms with Crippen molar-refractivity contribution in [1.82, 2.24) is 0 Å². The highest BCUT2D eigenvalue weighted by atomic mass is 79.9. The van der Waals surface area contributed by atoms with Crippen LogP contribution in [0, 0.1) is 6.92 Å². The van der Waals surface area contributed by atoms with Gasteiger partial charge in [0.1, 0.15) is 5.75 Å². The highest BCUT2D eigenvalue weighted by Gasteiger charge is 2.07. The van der Waals surface area contributed by atoms with Crippen LogP contribution in [0.5, 0.6) is 5.75 Å². The molecule has 0 aliphatic heterocycles. The molecule has 3 rings (SSSR count). The molecule has 0 bridgehead atoms. The molecule has 122 valence electrons. The molecule has 3 aromatic rings. The van der Waals surface area contributed by atoms with Gasteiger partial charge in [-0.3, -0.25) is 4.79 Å². The van der Waals surface area contributed by atoms with Crippen molar-refractivity contribution in [2.45, 2.75) is 6.92 Å². The van der Waals surface area contributed by atoms with Gasteiger partial charge in [0.2, 0.25) is 0 Å². The van der Waals surface area contributed by atoms with Crippen molar-refractivity contribution in [1.29, 1.82) is 0 Å². The van der Waals surface area contributed by atoms with E-state index in [1.807, 2.05) is 49.4 Å². The van der Waals surface area contributed by atoms with Crippen molar-refractivity contribution in [2.24, 2.45) is 0 Å². The smallest absolute Gasteiger partial charge is 0.262 e. The van der Waals surface area contributed by atoms with Gasteiger partial charge in [0, 0.05) is 15.2 Å². The van der Waals surface area contributed by atoms with E-state index in [-0.39, 0.29) is 12.5 Å².